The van der Waals surface area contributed by atoms with Crippen molar-refractivity contribution in [3.8, 4) is 0 Å². The first kappa shape index (κ1) is 20.2. The normalized spacial score (nSPS) is 14.9. The van der Waals surface area contributed by atoms with Crippen LogP contribution < -0.4 is 5.56 Å². The minimum Gasteiger partial charge on any atom is -0.335 e. The number of hydrogen-bond acceptors (Lipinski definition) is 4. The van der Waals surface area contributed by atoms with Gasteiger partial charge in [0.25, 0.3) is 11.5 Å². The summed E-state index contributed by atoms with van der Waals surface area (Å²) >= 11 is 0. The Balaban J connectivity index is 1.35. The molecule has 0 saturated carbocycles. The summed E-state index contributed by atoms with van der Waals surface area (Å²) in [5, 5.41) is 4.35. The van der Waals surface area contributed by atoms with Crippen LogP contribution in [-0.4, -0.2) is 56.5 Å². The number of aromatic amines is 1. The molecule has 0 spiro atoms. The number of fused-ring (bicyclic) bond motifs is 1. The largest absolute Gasteiger partial charge is 0.335 e. The highest BCUT2D eigenvalue weighted by Gasteiger charge is 2.29. The molecule has 1 N–H and O–H groups in total. The third-order valence-electron chi connectivity index (χ3n) is 6.01. The lowest BCUT2D eigenvalue weighted by molar-refractivity contribution is 0.0591. The second-order valence-electron chi connectivity index (χ2n) is 8.18. The third-order valence-corrected chi connectivity index (χ3v) is 6.01. The molecule has 32 heavy (non-hydrogen) atoms. The number of carbonyl (C=O) groups excluding carboxylic acids is 1. The van der Waals surface area contributed by atoms with Gasteiger partial charge in [0.05, 0.1) is 6.04 Å². The van der Waals surface area contributed by atoms with Crippen molar-refractivity contribution in [2.75, 3.05) is 26.2 Å². The van der Waals surface area contributed by atoms with E-state index in [1.807, 2.05) is 17.0 Å². The fourth-order valence-corrected chi connectivity index (χ4v) is 4.46. The fourth-order valence-electron chi connectivity index (χ4n) is 4.46. The molecule has 162 valence electrons. The van der Waals surface area contributed by atoms with Gasteiger partial charge < -0.3 is 9.88 Å². The van der Waals surface area contributed by atoms with Gasteiger partial charge in [0, 0.05) is 44.1 Å². The zero-order chi connectivity index (χ0) is 22.1. The van der Waals surface area contributed by atoms with Crippen molar-refractivity contribution in [2.45, 2.75) is 13.0 Å². The van der Waals surface area contributed by atoms with E-state index in [-0.39, 0.29) is 17.5 Å². The molecule has 5 rings (SSSR count). The van der Waals surface area contributed by atoms with Gasteiger partial charge in [0.1, 0.15) is 5.52 Å². The van der Waals surface area contributed by atoms with Crippen molar-refractivity contribution >= 4 is 11.4 Å². The van der Waals surface area contributed by atoms with Crippen LogP contribution in [0.4, 0.5) is 0 Å². The maximum absolute atomic E-state index is 13.1. The van der Waals surface area contributed by atoms with E-state index in [0.29, 0.717) is 30.0 Å². The van der Waals surface area contributed by atoms with Crippen molar-refractivity contribution in [2.24, 2.45) is 0 Å². The van der Waals surface area contributed by atoms with Gasteiger partial charge in [-0.05, 0) is 18.1 Å². The lowest BCUT2D eigenvalue weighted by Gasteiger charge is -2.39. The number of benzene rings is 2. The molecule has 2 aromatic carbocycles. The molecule has 0 atom stereocenters. The van der Waals surface area contributed by atoms with E-state index in [1.165, 1.54) is 15.6 Å². The van der Waals surface area contributed by atoms with Crippen LogP contribution in [0, 0.1) is 6.92 Å². The Bertz CT molecular complexity index is 1250. The standard InChI is InChI=1S/C25H25N5O2/c1-18-17-30-22(24(31)26-18)16-21(27-30)25(32)29-14-12-28(13-15-29)23(19-8-4-2-5-9-19)20-10-6-3-7-11-20/h2-11,16-17,23H,12-15H2,1H3,(H,26,31). The number of piperazine rings is 1. The molecule has 0 aliphatic carbocycles. The zero-order valence-corrected chi connectivity index (χ0v) is 17.9. The Morgan fingerprint density at radius 1 is 0.938 bits per heavy atom. The van der Waals surface area contributed by atoms with Gasteiger partial charge in [-0.3, -0.25) is 14.5 Å². The number of rotatable bonds is 4. The van der Waals surface area contributed by atoms with Crippen LogP contribution in [0.1, 0.15) is 33.4 Å². The molecule has 0 unspecified atom stereocenters. The fraction of sp³-hybridized carbons (Fsp3) is 0.240. The first-order valence-electron chi connectivity index (χ1n) is 10.8. The van der Waals surface area contributed by atoms with Crippen molar-refractivity contribution < 1.29 is 4.79 Å². The number of H-pyrrole nitrogens is 1. The Morgan fingerprint density at radius 3 is 2.12 bits per heavy atom. The SMILES string of the molecule is Cc1cn2nc(C(=O)N3CCN(C(c4ccccc4)c4ccccc4)CC3)cc2c(=O)[nH]1. The molecule has 1 aliphatic heterocycles. The summed E-state index contributed by atoms with van der Waals surface area (Å²) in [6, 6.07) is 22.7. The molecule has 7 nitrogen and oxygen atoms in total. The van der Waals surface area contributed by atoms with E-state index in [9.17, 15) is 9.59 Å². The molecule has 3 heterocycles. The summed E-state index contributed by atoms with van der Waals surface area (Å²) in [5.74, 6) is -0.138. The van der Waals surface area contributed by atoms with E-state index >= 15 is 0 Å². The molecule has 1 amide bonds. The van der Waals surface area contributed by atoms with Crippen molar-refractivity contribution in [3.63, 3.8) is 0 Å². The lowest BCUT2D eigenvalue weighted by Crippen LogP contribution is -2.50. The summed E-state index contributed by atoms with van der Waals surface area (Å²) in [4.78, 5) is 32.2. The lowest BCUT2D eigenvalue weighted by atomic mass is 9.96. The highest BCUT2D eigenvalue weighted by molar-refractivity contribution is 5.93. The monoisotopic (exact) mass is 427 g/mol. The predicted molar refractivity (Wildman–Crippen MR) is 123 cm³/mol. The van der Waals surface area contributed by atoms with Gasteiger partial charge in [0.2, 0.25) is 0 Å². The van der Waals surface area contributed by atoms with E-state index in [2.05, 4.69) is 63.5 Å². The first-order valence-corrected chi connectivity index (χ1v) is 10.8. The highest BCUT2D eigenvalue weighted by Crippen LogP contribution is 2.29. The van der Waals surface area contributed by atoms with Crippen molar-refractivity contribution in [1.29, 1.82) is 0 Å². The smallest absolute Gasteiger partial charge is 0.274 e. The highest BCUT2D eigenvalue weighted by atomic mass is 16.2. The van der Waals surface area contributed by atoms with Gasteiger partial charge in [-0.1, -0.05) is 60.7 Å². The van der Waals surface area contributed by atoms with E-state index in [1.54, 1.807) is 19.2 Å². The van der Waals surface area contributed by atoms with Gasteiger partial charge in [-0.2, -0.15) is 5.10 Å². The summed E-state index contributed by atoms with van der Waals surface area (Å²) in [6.07, 6.45) is 1.72. The zero-order valence-electron chi connectivity index (χ0n) is 17.9. The molecule has 7 heteroatoms. The Labute approximate surface area is 185 Å². The maximum atomic E-state index is 13.1. The number of amides is 1. The van der Waals surface area contributed by atoms with Crippen molar-refractivity contribution in [1.82, 2.24) is 24.4 Å². The van der Waals surface area contributed by atoms with E-state index in [4.69, 9.17) is 0 Å². The second kappa shape index (κ2) is 8.43. The van der Waals surface area contributed by atoms with Gasteiger partial charge in [-0.25, -0.2) is 4.52 Å². The van der Waals surface area contributed by atoms with E-state index in [0.717, 1.165) is 13.1 Å². The van der Waals surface area contributed by atoms with Gasteiger partial charge >= 0.3 is 0 Å². The number of aryl methyl sites for hydroxylation is 1. The number of nitrogens with one attached hydrogen (secondary N) is 1. The molecule has 1 fully saturated rings. The molecule has 0 bridgehead atoms. The van der Waals surface area contributed by atoms with Crippen LogP contribution in [0.2, 0.25) is 0 Å². The molecule has 1 aliphatic rings. The molecule has 2 aromatic heterocycles. The van der Waals surface area contributed by atoms with Crippen LogP contribution in [0.15, 0.2) is 77.7 Å². The van der Waals surface area contributed by atoms with Crippen LogP contribution in [0.25, 0.3) is 5.52 Å². The van der Waals surface area contributed by atoms with Crippen LogP contribution in [0.3, 0.4) is 0 Å². The van der Waals surface area contributed by atoms with Gasteiger partial charge in [-0.15, -0.1) is 0 Å². The maximum Gasteiger partial charge on any atom is 0.274 e. The Morgan fingerprint density at radius 2 is 1.53 bits per heavy atom. The number of hydrogen-bond donors (Lipinski definition) is 1. The number of nitrogens with zero attached hydrogens (tertiary/aromatic N) is 4. The summed E-state index contributed by atoms with van der Waals surface area (Å²) in [7, 11) is 0. The Kier molecular flexibility index (Phi) is 5.33. The third kappa shape index (κ3) is 3.83. The van der Waals surface area contributed by atoms with Crippen LogP contribution in [0.5, 0.6) is 0 Å². The molecule has 1 saturated heterocycles. The second-order valence-corrected chi connectivity index (χ2v) is 8.18. The van der Waals surface area contributed by atoms with Crippen molar-refractivity contribution in [3.05, 3.63) is 106 Å². The summed E-state index contributed by atoms with van der Waals surface area (Å²) in [5.41, 5.74) is 3.63. The van der Waals surface area contributed by atoms with Gasteiger partial charge in [0.15, 0.2) is 5.69 Å². The number of carbonyl (C=O) groups is 1. The van der Waals surface area contributed by atoms with Crippen LogP contribution >= 0.6 is 0 Å². The first-order chi connectivity index (χ1) is 15.6. The minimum atomic E-state index is -0.241. The topological polar surface area (TPSA) is 73.7 Å². The number of aromatic nitrogens is 3. The molecular weight excluding hydrogens is 402 g/mol. The Hall–Kier alpha value is -3.71. The summed E-state index contributed by atoms with van der Waals surface area (Å²) < 4.78 is 1.48. The molecular formula is C25H25N5O2. The summed E-state index contributed by atoms with van der Waals surface area (Å²) in [6.45, 7) is 4.52. The molecule has 0 radical (unpaired) electrons. The average Bonchev–Trinajstić information content (AvgIpc) is 3.25. The average molecular weight is 428 g/mol. The quantitative estimate of drug-likeness (QED) is 0.544. The van der Waals surface area contributed by atoms with E-state index < -0.39 is 0 Å². The molecule has 4 aromatic rings. The van der Waals surface area contributed by atoms with Crippen LogP contribution in [-0.2, 0) is 0 Å². The predicted octanol–water partition coefficient (Wildman–Crippen LogP) is 2.88. The minimum absolute atomic E-state index is 0.138.